The predicted molar refractivity (Wildman–Crippen MR) is 94.6 cm³/mol. The molecule has 1 saturated carbocycles. The smallest absolute Gasteiger partial charge is 0.273 e. The Morgan fingerprint density at radius 3 is 2.88 bits per heavy atom. The van der Waals surface area contributed by atoms with E-state index in [4.69, 9.17) is 0 Å². The van der Waals surface area contributed by atoms with Gasteiger partial charge in [-0.2, -0.15) is 10.2 Å². The number of aromatic nitrogens is 4. The number of halogens is 1. The van der Waals surface area contributed by atoms with E-state index in [-0.39, 0.29) is 5.91 Å². The van der Waals surface area contributed by atoms with Crippen LogP contribution in [0.3, 0.4) is 0 Å². The molecule has 1 fully saturated rings. The Kier molecular flexibility index (Phi) is 3.93. The highest BCUT2D eigenvalue weighted by atomic mass is 79.9. The van der Waals surface area contributed by atoms with Crippen molar-refractivity contribution < 1.29 is 4.79 Å². The van der Waals surface area contributed by atoms with Crippen LogP contribution in [0.4, 0.5) is 5.69 Å². The fourth-order valence-electron chi connectivity index (χ4n) is 2.50. The van der Waals surface area contributed by atoms with Crippen LogP contribution in [-0.2, 0) is 6.54 Å². The summed E-state index contributed by atoms with van der Waals surface area (Å²) in [4.78, 5) is 12.3. The standard InChI is InChI=1S/C17H16BrN5O/c18-13-5-3-12(4-6-13)15-7-16(22-21-15)17(24)20-14-8-19-23(10-14)9-11-1-2-11/h3-8,10-11H,1-2,9H2,(H,20,24)(H,21,22). The molecule has 0 atom stereocenters. The molecule has 4 rings (SSSR count). The van der Waals surface area contributed by atoms with Crippen LogP contribution in [0.25, 0.3) is 11.3 Å². The second kappa shape index (κ2) is 6.24. The van der Waals surface area contributed by atoms with Gasteiger partial charge in [-0.05, 0) is 37.0 Å². The first-order valence-corrected chi connectivity index (χ1v) is 8.62. The highest BCUT2D eigenvalue weighted by Crippen LogP contribution is 2.30. The fraction of sp³-hybridized carbons (Fsp3) is 0.235. The molecule has 2 aromatic heterocycles. The Morgan fingerprint density at radius 1 is 1.33 bits per heavy atom. The molecule has 1 aromatic carbocycles. The van der Waals surface area contributed by atoms with E-state index >= 15 is 0 Å². The zero-order valence-corrected chi connectivity index (χ0v) is 14.5. The fourth-order valence-corrected chi connectivity index (χ4v) is 2.76. The van der Waals surface area contributed by atoms with E-state index in [1.807, 2.05) is 35.1 Å². The van der Waals surface area contributed by atoms with Gasteiger partial charge in [-0.25, -0.2) is 0 Å². The summed E-state index contributed by atoms with van der Waals surface area (Å²) in [6.45, 7) is 0.924. The zero-order chi connectivity index (χ0) is 16.5. The average molecular weight is 386 g/mol. The number of aromatic amines is 1. The van der Waals surface area contributed by atoms with Gasteiger partial charge in [-0.3, -0.25) is 14.6 Å². The van der Waals surface area contributed by atoms with Gasteiger partial charge in [-0.1, -0.05) is 28.1 Å². The molecule has 122 valence electrons. The quantitative estimate of drug-likeness (QED) is 0.702. The lowest BCUT2D eigenvalue weighted by Crippen LogP contribution is -2.11. The third-order valence-electron chi connectivity index (χ3n) is 4.00. The van der Waals surface area contributed by atoms with Crippen molar-refractivity contribution >= 4 is 27.5 Å². The third kappa shape index (κ3) is 3.41. The zero-order valence-electron chi connectivity index (χ0n) is 12.9. The van der Waals surface area contributed by atoms with Crippen molar-refractivity contribution in [2.45, 2.75) is 19.4 Å². The Hall–Kier alpha value is -2.41. The summed E-state index contributed by atoms with van der Waals surface area (Å²) in [7, 11) is 0. The predicted octanol–water partition coefficient (Wildman–Crippen LogP) is 3.70. The van der Waals surface area contributed by atoms with Crippen LogP contribution in [-0.4, -0.2) is 25.9 Å². The van der Waals surface area contributed by atoms with Crippen molar-refractivity contribution in [2.75, 3.05) is 5.32 Å². The minimum atomic E-state index is -0.225. The molecule has 1 amide bonds. The molecule has 0 unspecified atom stereocenters. The van der Waals surface area contributed by atoms with Crippen LogP contribution in [0.1, 0.15) is 23.3 Å². The average Bonchev–Trinajstić information content (AvgIpc) is 3.07. The summed E-state index contributed by atoms with van der Waals surface area (Å²) >= 11 is 3.40. The number of amides is 1. The van der Waals surface area contributed by atoms with Crippen LogP contribution in [0, 0.1) is 5.92 Å². The van der Waals surface area contributed by atoms with Crippen molar-refractivity contribution in [1.29, 1.82) is 0 Å². The molecule has 3 aromatic rings. The molecule has 1 aliphatic rings. The number of nitrogens with zero attached hydrogens (tertiary/aromatic N) is 3. The highest BCUT2D eigenvalue weighted by Gasteiger charge is 2.22. The molecule has 2 N–H and O–H groups in total. The number of anilines is 1. The largest absolute Gasteiger partial charge is 0.318 e. The van der Waals surface area contributed by atoms with Crippen LogP contribution in [0.15, 0.2) is 47.2 Å². The third-order valence-corrected chi connectivity index (χ3v) is 4.52. The molecule has 24 heavy (non-hydrogen) atoms. The first kappa shape index (κ1) is 15.1. The molecule has 0 saturated heterocycles. The van der Waals surface area contributed by atoms with E-state index in [1.165, 1.54) is 12.8 Å². The summed E-state index contributed by atoms with van der Waals surface area (Å²) in [6.07, 6.45) is 6.08. The molecular formula is C17H16BrN5O. The first-order valence-electron chi connectivity index (χ1n) is 7.82. The molecule has 2 heterocycles. The van der Waals surface area contributed by atoms with Gasteiger partial charge in [0.25, 0.3) is 5.91 Å². The second-order valence-corrected chi connectivity index (χ2v) is 6.94. The van der Waals surface area contributed by atoms with E-state index in [0.29, 0.717) is 11.4 Å². The van der Waals surface area contributed by atoms with Gasteiger partial charge < -0.3 is 5.32 Å². The summed E-state index contributed by atoms with van der Waals surface area (Å²) in [6, 6.07) is 9.52. The van der Waals surface area contributed by atoms with E-state index in [9.17, 15) is 4.79 Å². The number of nitrogens with one attached hydrogen (secondary N) is 2. The van der Waals surface area contributed by atoms with E-state index in [0.717, 1.165) is 28.2 Å². The van der Waals surface area contributed by atoms with E-state index in [2.05, 4.69) is 36.5 Å². The molecule has 0 spiro atoms. The lowest BCUT2D eigenvalue weighted by Gasteiger charge is -1.99. The number of benzene rings is 1. The maximum atomic E-state index is 12.3. The van der Waals surface area contributed by atoms with Crippen LogP contribution in [0.5, 0.6) is 0 Å². The van der Waals surface area contributed by atoms with Gasteiger partial charge in [0.1, 0.15) is 5.69 Å². The van der Waals surface area contributed by atoms with Gasteiger partial charge in [0.2, 0.25) is 0 Å². The highest BCUT2D eigenvalue weighted by molar-refractivity contribution is 9.10. The van der Waals surface area contributed by atoms with Gasteiger partial charge in [0.15, 0.2) is 0 Å². The minimum Gasteiger partial charge on any atom is -0.318 e. The van der Waals surface area contributed by atoms with Crippen molar-refractivity contribution in [2.24, 2.45) is 5.92 Å². The van der Waals surface area contributed by atoms with E-state index < -0.39 is 0 Å². The van der Waals surface area contributed by atoms with Crippen molar-refractivity contribution in [1.82, 2.24) is 20.0 Å². The number of hydrogen-bond donors (Lipinski definition) is 2. The number of carbonyl (C=O) groups excluding carboxylic acids is 1. The van der Waals surface area contributed by atoms with Crippen molar-refractivity contribution in [3.8, 4) is 11.3 Å². The minimum absolute atomic E-state index is 0.225. The summed E-state index contributed by atoms with van der Waals surface area (Å²) in [5.41, 5.74) is 2.80. The Balaban J connectivity index is 1.44. The molecule has 0 bridgehead atoms. The first-order chi connectivity index (χ1) is 11.7. The molecular weight excluding hydrogens is 370 g/mol. The lowest BCUT2D eigenvalue weighted by molar-refractivity contribution is 0.102. The Bertz CT molecular complexity index is 863. The van der Waals surface area contributed by atoms with Gasteiger partial charge in [0, 0.05) is 22.8 Å². The van der Waals surface area contributed by atoms with Crippen LogP contribution < -0.4 is 5.32 Å². The SMILES string of the molecule is O=C(Nc1cnn(CC2CC2)c1)c1cc(-c2ccc(Br)cc2)n[nH]1. The Morgan fingerprint density at radius 2 is 2.12 bits per heavy atom. The number of carbonyl (C=O) groups is 1. The van der Waals surface area contributed by atoms with Gasteiger partial charge in [0.05, 0.1) is 17.6 Å². The second-order valence-electron chi connectivity index (χ2n) is 6.02. The van der Waals surface area contributed by atoms with Gasteiger partial charge in [-0.15, -0.1) is 0 Å². The van der Waals surface area contributed by atoms with Crippen molar-refractivity contribution in [3.05, 3.63) is 52.9 Å². The molecule has 1 aliphatic carbocycles. The van der Waals surface area contributed by atoms with Crippen LogP contribution >= 0.6 is 15.9 Å². The molecule has 0 aliphatic heterocycles. The number of hydrogen-bond acceptors (Lipinski definition) is 3. The molecule has 7 heteroatoms. The maximum Gasteiger partial charge on any atom is 0.273 e. The maximum absolute atomic E-state index is 12.3. The molecule has 6 nitrogen and oxygen atoms in total. The van der Waals surface area contributed by atoms with Crippen LogP contribution in [0.2, 0.25) is 0 Å². The number of rotatable bonds is 5. The lowest BCUT2D eigenvalue weighted by atomic mass is 10.1. The summed E-state index contributed by atoms with van der Waals surface area (Å²) < 4.78 is 2.89. The monoisotopic (exact) mass is 385 g/mol. The Labute approximate surface area is 147 Å². The molecule has 0 radical (unpaired) electrons. The van der Waals surface area contributed by atoms with Gasteiger partial charge >= 0.3 is 0 Å². The normalized spacial score (nSPS) is 13.9. The summed E-state index contributed by atoms with van der Waals surface area (Å²) in [5.74, 6) is 0.520. The summed E-state index contributed by atoms with van der Waals surface area (Å²) in [5, 5.41) is 14.1. The van der Waals surface area contributed by atoms with Crippen molar-refractivity contribution in [3.63, 3.8) is 0 Å². The topological polar surface area (TPSA) is 75.6 Å². The number of H-pyrrole nitrogens is 1. The van der Waals surface area contributed by atoms with E-state index in [1.54, 1.807) is 12.3 Å².